The number of ether oxygens (including phenoxy) is 1. The molecule has 0 saturated heterocycles. The molecule has 2 heteroatoms. The van der Waals surface area contributed by atoms with Crippen molar-refractivity contribution in [3.63, 3.8) is 0 Å². The molecule has 0 aromatic carbocycles. The van der Waals surface area contributed by atoms with Gasteiger partial charge in [-0.15, -0.1) is 0 Å². The minimum atomic E-state index is -0.453. The van der Waals surface area contributed by atoms with Gasteiger partial charge >= 0.3 is 0 Å². The zero-order valence-corrected chi connectivity index (χ0v) is 10.6. The number of ketones is 1. The Hall–Kier alpha value is -0.370. The summed E-state index contributed by atoms with van der Waals surface area (Å²) >= 11 is 0. The molecule has 0 bridgehead atoms. The Bertz CT molecular complexity index is 221. The summed E-state index contributed by atoms with van der Waals surface area (Å²) in [5.74, 6) is 0.214. The summed E-state index contributed by atoms with van der Waals surface area (Å²) in [6.07, 6.45) is 4.97. The van der Waals surface area contributed by atoms with E-state index in [4.69, 9.17) is 4.74 Å². The molecular weight excluding hydrogens is 188 g/mol. The summed E-state index contributed by atoms with van der Waals surface area (Å²) in [7, 11) is 0. The van der Waals surface area contributed by atoms with Gasteiger partial charge in [-0.05, 0) is 44.4 Å². The molecule has 1 saturated carbocycles. The van der Waals surface area contributed by atoms with Crippen molar-refractivity contribution < 1.29 is 9.53 Å². The molecule has 0 aromatic heterocycles. The van der Waals surface area contributed by atoms with Crippen LogP contribution < -0.4 is 0 Å². The molecule has 0 radical (unpaired) electrons. The minimum absolute atomic E-state index is 0.214. The molecule has 1 rings (SSSR count). The highest BCUT2D eigenvalue weighted by atomic mass is 16.5. The van der Waals surface area contributed by atoms with Crippen LogP contribution in [-0.4, -0.2) is 18.0 Å². The Kier molecular flexibility index (Phi) is 3.93. The minimum Gasteiger partial charge on any atom is -0.367 e. The molecule has 1 fully saturated rings. The van der Waals surface area contributed by atoms with Crippen LogP contribution in [0.5, 0.6) is 0 Å². The molecule has 0 N–H and O–H groups in total. The second kappa shape index (κ2) is 4.65. The maximum atomic E-state index is 11.7. The van der Waals surface area contributed by atoms with E-state index >= 15 is 0 Å². The molecule has 0 spiro atoms. The molecule has 0 heterocycles. The van der Waals surface area contributed by atoms with Gasteiger partial charge in [0.05, 0.1) is 0 Å². The molecule has 15 heavy (non-hydrogen) atoms. The molecule has 0 atom stereocenters. The maximum absolute atomic E-state index is 11.7. The number of hydrogen-bond donors (Lipinski definition) is 0. The molecule has 1 aliphatic rings. The number of carbonyl (C=O) groups is 1. The van der Waals surface area contributed by atoms with Crippen molar-refractivity contribution in [3.8, 4) is 0 Å². The quantitative estimate of drug-likeness (QED) is 0.714. The lowest BCUT2D eigenvalue weighted by molar-refractivity contribution is -0.150. The number of hydrogen-bond acceptors (Lipinski definition) is 2. The summed E-state index contributed by atoms with van der Waals surface area (Å²) in [6, 6.07) is 0. The lowest BCUT2D eigenvalue weighted by atomic mass is 9.69. The van der Waals surface area contributed by atoms with Crippen molar-refractivity contribution in [3.05, 3.63) is 0 Å². The van der Waals surface area contributed by atoms with Gasteiger partial charge in [-0.25, -0.2) is 0 Å². The van der Waals surface area contributed by atoms with Gasteiger partial charge in [0.15, 0.2) is 5.78 Å². The Morgan fingerprint density at radius 1 is 1.20 bits per heavy atom. The van der Waals surface area contributed by atoms with Crippen LogP contribution in [0, 0.1) is 5.41 Å². The largest absolute Gasteiger partial charge is 0.367 e. The number of rotatable bonds is 4. The van der Waals surface area contributed by atoms with E-state index in [2.05, 4.69) is 20.8 Å². The fraction of sp³-hybridized carbons (Fsp3) is 0.923. The second-order valence-electron chi connectivity index (χ2n) is 5.56. The van der Waals surface area contributed by atoms with Crippen LogP contribution >= 0.6 is 0 Å². The third-order valence-corrected chi connectivity index (χ3v) is 3.64. The van der Waals surface area contributed by atoms with Crippen LogP contribution in [0.25, 0.3) is 0 Å². The standard InChI is InChI=1S/C13H24O2/c1-5-10-15-13(11(2)14)8-6-12(3,4)7-9-13/h5-10H2,1-4H3. The van der Waals surface area contributed by atoms with Crippen molar-refractivity contribution in [1.82, 2.24) is 0 Å². The van der Waals surface area contributed by atoms with Crippen molar-refractivity contribution in [2.24, 2.45) is 5.41 Å². The molecule has 0 unspecified atom stereocenters. The molecule has 88 valence electrons. The van der Waals surface area contributed by atoms with Crippen LogP contribution in [0.1, 0.15) is 59.8 Å². The molecular formula is C13H24O2. The Morgan fingerprint density at radius 2 is 1.73 bits per heavy atom. The van der Waals surface area contributed by atoms with E-state index in [-0.39, 0.29) is 5.78 Å². The van der Waals surface area contributed by atoms with Gasteiger partial charge in [-0.1, -0.05) is 20.8 Å². The third-order valence-electron chi connectivity index (χ3n) is 3.64. The molecule has 2 nitrogen and oxygen atoms in total. The summed E-state index contributed by atoms with van der Waals surface area (Å²) in [5, 5.41) is 0. The van der Waals surface area contributed by atoms with Gasteiger partial charge in [-0.2, -0.15) is 0 Å². The molecule has 1 aliphatic carbocycles. The fourth-order valence-corrected chi connectivity index (χ4v) is 2.23. The van der Waals surface area contributed by atoms with Crippen LogP contribution in [0.4, 0.5) is 0 Å². The first-order valence-electron chi connectivity index (χ1n) is 6.07. The zero-order chi connectivity index (χ0) is 11.5. The molecule has 0 aromatic rings. The Balaban J connectivity index is 2.65. The van der Waals surface area contributed by atoms with E-state index in [9.17, 15) is 4.79 Å². The van der Waals surface area contributed by atoms with E-state index in [0.29, 0.717) is 12.0 Å². The number of Topliss-reactive ketones (excluding diaryl/α,β-unsaturated/α-hetero) is 1. The summed E-state index contributed by atoms with van der Waals surface area (Å²) in [6.45, 7) is 9.02. The smallest absolute Gasteiger partial charge is 0.161 e. The van der Waals surface area contributed by atoms with E-state index in [1.54, 1.807) is 6.92 Å². The van der Waals surface area contributed by atoms with E-state index in [1.807, 2.05) is 0 Å². The first-order chi connectivity index (χ1) is 6.92. The average molecular weight is 212 g/mol. The lowest BCUT2D eigenvalue weighted by Gasteiger charge is -2.41. The van der Waals surface area contributed by atoms with Crippen molar-refractivity contribution >= 4 is 5.78 Å². The maximum Gasteiger partial charge on any atom is 0.161 e. The average Bonchev–Trinajstić information content (AvgIpc) is 2.16. The van der Waals surface area contributed by atoms with Gasteiger partial charge in [0.25, 0.3) is 0 Å². The summed E-state index contributed by atoms with van der Waals surface area (Å²) < 4.78 is 5.82. The topological polar surface area (TPSA) is 26.3 Å². The summed E-state index contributed by atoms with van der Waals surface area (Å²) in [4.78, 5) is 11.7. The van der Waals surface area contributed by atoms with Gasteiger partial charge < -0.3 is 4.74 Å². The zero-order valence-electron chi connectivity index (χ0n) is 10.6. The van der Waals surface area contributed by atoms with Gasteiger partial charge in [0, 0.05) is 6.61 Å². The number of carbonyl (C=O) groups excluding carboxylic acids is 1. The Labute approximate surface area is 93.4 Å². The van der Waals surface area contributed by atoms with Gasteiger partial charge in [0.1, 0.15) is 5.60 Å². The van der Waals surface area contributed by atoms with Crippen LogP contribution in [-0.2, 0) is 9.53 Å². The van der Waals surface area contributed by atoms with Crippen LogP contribution in [0.2, 0.25) is 0 Å². The normalized spacial score (nSPS) is 23.7. The highest BCUT2D eigenvalue weighted by Crippen LogP contribution is 2.42. The van der Waals surface area contributed by atoms with Crippen molar-refractivity contribution in [2.45, 2.75) is 65.4 Å². The summed E-state index contributed by atoms with van der Waals surface area (Å²) in [5.41, 5.74) is -0.0694. The van der Waals surface area contributed by atoms with Crippen molar-refractivity contribution in [2.75, 3.05) is 6.61 Å². The van der Waals surface area contributed by atoms with E-state index in [1.165, 1.54) is 0 Å². The van der Waals surface area contributed by atoms with Crippen LogP contribution in [0.3, 0.4) is 0 Å². The van der Waals surface area contributed by atoms with E-state index < -0.39 is 5.60 Å². The first kappa shape index (κ1) is 12.7. The van der Waals surface area contributed by atoms with Gasteiger partial charge in [-0.3, -0.25) is 4.79 Å². The highest BCUT2D eigenvalue weighted by molar-refractivity contribution is 5.85. The SMILES string of the molecule is CCCOC1(C(C)=O)CCC(C)(C)CC1. The van der Waals surface area contributed by atoms with E-state index in [0.717, 1.165) is 32.1 Å². The molecule has 0 aliphatic heterocycles. The lowest BCUT2D eigenvalue weighted by Crippen LogP contribution is -2.45. The Morgan fingerprint density at radius 3 is 2.13 bits per heavy atom. The third kappa shape index (κ3) is 3.04. The van der Waals surface area contributed by atoms with Gasteiger partial charge in [0.2, 0.25) is 0 Å². The second-order valence-corrected chi connectivity index (χ2v) is 5.56. The fourth-order valence-electron chi connectivity index (χ4n) is 2.23. The van der Waals surface area contributed by atoms with Crippen molar-refractivity contribution in [1.29, 1.82) is 0 Å². The predicted octanol–water partition coefficient (Wildman–Crippen LogP) is 3.34. The predicted molar refractivity (Wildman–Crippen MR) is 61.9 cm³/mol. The highest BCUT2D eigenvalue weighted by Gasteiger charge is 2.42. The monoisotopic (exact) mass is 212 g/mol. The first-order valence-corrected chi connectivity index (χ1v) is 6.07. The molecule has 0 amide bonds. The van der Waals surface area contributed by atoms with Crippen LogP contribution in [0.15, 0.2) is 0 Å².